The van der Waals surface area contributed by atoms with Gasteiger partial charge in [0.25, 0.3) is 5.91 Å². The van der Waals surface area contributed by atoms with Crippen molar-refractivity contribution in [1.82, 2.24) is 0 Å². The smallest absolute Gasteiger partial charge is 0.259 e. The molecule has 1 N–H and O–H groups in total. The van der Waals surface area contributed by atoms with Crippen molar-refractivity contribution < 1.29 is 4.79 Å². The number of hydrogen-bond donors (Lipinski definition) is 1. The lowest BCUT2D eigenvalue weighted by molar-refractivity contribution is 0.102. The molecular formula is C30H36N2OS. The van der Waals surface area contributed by atoms with Crippen LogP contribution in [0.4, 0.5) is 10.7 Å². The van der Waals surface area contributed by atoms with Gasteiger partial charge in [-0.05, 0) is 78.8 Å². The molecule has 4 rings (SSSR count). The fourth-order valence-electron chi connectivity index (χ4n) is 4.49. The first-order chi connectivity index (χ1) is 16.2. The van der Waals surface area contributed by atoms with Crippen LogP contribution < -0.4 is 5.32 Å². The number of thiophene rings is 1. The maximum Gasteiger partial charge on any atom is 0.259 e. The third-order valence-electron chi connectivity index (χ3n) is 6.63. The number of rotatable bonds is 4. The minimum atomic E-state index is -0.0398. The van der Waals surface area contributed by atoms with Gasteiger partial charge in [0.2, 0.25) is 0 Å². The normalized spacial score (nSPS) is 14.5. The molecule has 0 unspecified atom stereocenters. The van der Waals surface area contributed by atoms with E-state index in [4.69, 9.17) is 4.99 Å². The van der Waals surface area contributed by atoms with E-state index in [0.29, 0.717) is 0 Å². The second kappa shape index (κ2) is 10.3. The summed E-state index contributed by atoms with van der Waals surface area (Å²) in [5, 5.41) is 4.02. The molecule has 178 valence electrons. The Morgan fingerprint density at radius 2 is 1.68 bits per heavy atom. The monoisotopic (exact) mass is 472 g/mol. The predicted molar refractivity (Wildman–Crippen MR) is 146 cm³/mol. The Kier molecular flexibility index (Phi) is 7.37. The molecule has 3 nitrogen and oxygen atoms in total. The third kappa shape index (κ3) is 5.67. The second-order valence-electron chi connectivity index (χ2n) is 10.5. The van der Waals surface area contributed by atoms with Crippen LogP contribution >= 0.6 is 11.3 Å². The molecule has 34 heavy (non-hydrogen) atoms. The number of benzene rings is 2. The number of hydrogen-bond acceptors (Lipinski definition) is 3. The lowest BCUT2D eigenvalue weighted by Gasteiger charge is -2.18. The van der Waals surface area contributed by atoms with Gasteiger partial charge in [-0.25, -0.2) is 4.99 Å². The van der Waals surface area contributed by atoms with E-state index >= 15 is 0 Å². The highest BCUT2D eigenvalue weighted by Crippen LogP contribution is 2.39. The van der Waals surface area contributed by atoms with E-state index in [-0.39, 0.29) is 11.3 Å². The zero-order chi connectivity index (χ0) is 24.3. The quantitative estimate of drug-likeness (QED) is 0.381. The average Bonchev–Trinajstić information content (AvgIpc) is 3.11. The molecule has 1 aromatic heterocycles. The van der Waals surface area contributed by atoms with Crippen molar-refractivity contribution in [3.63, 3.8) is 0 Å². The van der Waals surface area contributed by atoms with Gasteiger partial charge in [0.05, 0.1) is 5.56 Å². The Balaban J connectivity index is 1.69. The molecule has 1 aliphatic rings. The van der Waals surface area contributed by atoms with Gasteiger partial charge in [-0.1, -0.05) is 70.0 Å². The molecule has 1 amide bonds. The van der Waals surface area contributed by atoms with Crippen LogP contribution in [0.25, 0.3) is 0 Å². The molecular weight excluding hydrogens is 436 g/mol. The molecule has 1 heterocycles. The Hall–Kier alpha value is -2.72. The van der Waals surface area contributed by atoms with Gasteiger partial charge in [-0.2, -0.15) is 0 Å². The molecule has 0 bridgehead atoms. The molecule has 0 aliphatic heterocycles. The topological polar surface area (TPSA) is 41.5 Å². The van der Waals surface area contributed by atoms with Gasteiger partial charge in [-0.15, -0.1) is 11.3 Å². The minimum absolute atomic E-state index is 0.0398. The van der Waals surface area contributed by atoms with Crippen molar-refractivity contribution in [1.29, 1.82) is 0 Å². The van der Waals surface area contributed by atoms with Crippen LogP contribution in [-0.4, -0.2) is 12.1 Å². The Morgan fingerprint density at radius 1 is 0.971 bits per heavy atom. The Labute approximate surface area is 208 Å². The fraction of sp³-hybridized carbons (Fsp3) is 0.400. The van der Waals surface area contributed by atoms with E-state index in [9.17, 15) is 4.79 Å². The standard InChI is InChI=1S/C30H36N2OS/c1-20-12-13-21(2)25(18-20)32-28(33)27-24-10-8-6-7-9-11-26(24)34-29(27)31-19-22-14-16-23(17-15-22)30(3,4)5/h12-19H,6-11H2,1-5H3,(H,32,33). The van der Waals surface area contributed by atoms with Gasteiger partial charge < -0.3 is 5.32 Å². The molecule has 1 aliphatic carbocycles. The van der Waals surface area contributed by atoms with Crippen molar-refractivity contribution in [3.8, 4) is 0 Å². The zero-order valence-electron chi connectivity index (χ0n) is 21.1. The van der Waals surface area contributed by atoms with Crippen LogP contribution in [0.2, 0.25) is 0 Å². The highest BCUT2D eigenvalue weighted by Gasteiger charge is 2.24. The van der Waals surface area contributed by atoms with Crippen molar-refractivity contribution in [2.45, 2.75) is 78.6 Å². The van der Waals surface area contributed by atoms with Crippen molar-refractivity contribution >= 4 is 34.1 Å². The first-order valence-electron chi connectivity index (χ1n) is 12.4. The summed E-state index contributed by atoms with van der Waals surface area (Å²) < 4.78 is 0. The number of nitrogens with zero attached hydrogens (tertiary/aromatic N) is 1. The minimum Gasteiger partial charge on any atom is -0.322 e. The molecule has 3 aromatic rings. The predicted octanol–water partition coefficient (Wildman–Crippen LogP) is 8.32. The first kappa shape index (κ1) is 24.4. The first-order valence-corrected chi connectivity index (χ1v) is 13.2. The van der Waals surface area contributed by atoms with Crippen molar-refractivity contribution in [3.05, 3.63) is 80.7 Å². The van der Waals surface area contributed by atoms with Crippen molar-refractivity contribution in [2.75, 3.05) is 5.32 Å². The zero-order valence-corrected chi connectivity index (χ0v) is 21.9. The van der Waals surface area contributed by atoms with Gasteiger partial charge in [0.1, 0.15) is 5.00 Å². The molecule has 2 aromatic carbocycles. The summed E-state index contributed by atoms with van der Waals surface area (Å²) in [5.74, 6) is -0.0398. The van der Waals surface area contributed by atoms with Crippen LogP contribution in [0.15, 0.2) is 47.5 Å². The van der Waals surface area contributed by atoms with Crippen LogP contribution in [0.3, 0.4) is 0 Å². The molecule has 0 spiro atoms. The molecule has 0 fully saturated rings. The lowest BCUT2D eigenvalue weighted by Crippen LogP contribution is -2.15. The highest BCUT2D eigenvalue weighted by molar-refractivity contribution is 7.16. The SMILES string of the molecule is Cc1ccc(C)c(NC(=O)c2c(N=Cc3ccc(C(C)(C)C)cc3)sc3c2CCCCCC3)c1. The number of aliphatic imine (C=N–C) groups is 1. The maximum absolute atomic E-state index is 13.6. The van der Waals surface area contributed by atoms with Gasteiger partial charge in [-0.3, -0.25) is 4.79 Å². The van der Waals surface area contributed by atoms with Crippen LogP contribution in [0.1, 0.15) is 89.5 Å². The molecule has 0 saturated carbocycles. The number of carbonyl (C=O) groups excluding carboxylic acids is 1. The van der Waals surface area contributed by atoms with E-state index < -0.39 is 0 Å². The average molecular weight is 473 g/mol. The van der Waals surface area contributed by atoms with E-state index in [0.717, 1.165) is 52.2 Å². The Morgan fingerprint density at radius 3 is 2.38 bits per heavy atom. The van der Waals surface area contributed by atoms with Crippen LogP contribution in [0.5, 0.6) is 0 Å². The number of fused-ring (bicyclic) bond motifs is 1. The summed E-state index contributed by atoms with van der Waals surface area (Å²) in [6.07, 6.45) is 8.71. The number of amides is 1. The Bertz CT molecular complexity index is 1200. The van der Waals surface area contributed by atoms with Crippen molar-refractivity contribution in [2.24, 2.45) is 4.99 Å². The summed E-state index contributed by atoms with van der Waals surface area (Å²) in [4.78, 5) is 19.8. The summed E-state index contributed by atoms with van der Waals surface area (Å²) in [5.41, 5.74) is 7.54. The molecule has 0 atom stereocenters. The number of carbonyl (C=O) groups is 1. The number of anilines is 1. The maximum atomic E-state index is 13.6. The van der Waals surface area contributed by atoms with E-state index in [2.05, 4.69) is 69.4 Å². The van der Waals surface area contributed by atoms with Gasteiger partial charge >= 0.3 is 0 Å². The third-order valence-corrected chi connectivity index (χ3v) is 7.83. The van der Waals surface area contributed by atoms with Crippen LogP contribution in [-0.2, 0) is 18.3 Å². The summed E-state index contributed by atoms with van der Waals surface area (Å²) in [6, 6.07) is 14.7. The van der Waals surface area contributed by atoms with E-state index in [1.807, 2.05) is 19.2 Å². The second-order valence-corrected chi connectivity index (χ2v) is 11.6. The molecule has 0 radical (unpaired) electrons. The van der Waals surface area contributed by atoms with Crippen LogP contribution in [0, 0.1) is 13.8 Å². The number of aryl methyl sites for hydroxylation is 3. The van der Waals surface area contributed by atoms with E-state index in [1.54, 1.807) is 11.3 Å². The largest absolute Gasteiger partial charge is 0.322 e. The van der Waals surface area contributed by atoms with E-state index in [1.165, 1.54) is 35.3 Å². The fourth-order valence-corrected chi connectivity index (χ4v) is 5.72. The summed E-state index contributed by atoms with van der Waals surface area (Å²) in [6.45, 7) is 10.7. The summed E-state index contributed by atoms with van der Waals surface area (Å²) >= 11 is 1.70. The van der Waals surface area contributed by atoms with Gasteiger partial charge in [0, 0.05) is 16.8 Å². The number of nitrogens with one attached hydrogen (secondary N) is 1. The highest BCUT2D eigenvalue weighted by atomic mass is 32.1. The van der Waals surface area contributed by atoms with Gasteiger partial charge in [0.15, 0.2) is 0 Å². The molecule has 4 heteroatoms. The molecule has 0 saturated heterocycles. The summed E-state index contributed by atoms with van der Waals surface area (Å²) in [7, 11) is 0. The lowest BCUT2D eigenvalue weighted by atomic mass is 9.87.